The van der Waals surface area contributed by atoms with E-state index >= 15 is 0 Å². The van der Waals surface area contributed by atoms with Crippen molar-refractivity contribution in [1.29, 1.82) is 0 Å². The molecular weight excluding hydrogens is 282 g/mol. The van der Waals surface area contributed by atoms with E-state index < -0.39 is 0 Å². The van der Waals surface area contributed by atoms with Gasteiger partial charge in [-0.2, -0.15) is 0 Å². The normalized spacial score (nSPS) is 12.1. The predicted molar refractivity (Wildman–Crippen MR) is 88.1 cm³/mol. The largest absolute Gasteiger partial charge is 0.504 e. The molecule has 2 rings (SSSR count). The highest BCUT2D eigenvalue weighted by Crippen LogP contribution is 2.26. The lowest BCUT2D eigenvalue weighted by Gasteiger charge is -2.15. The fourth-order valence-corrected chi connectivity index (χ4v) is 2.52. The zero-order valence-electron chi connectivity index (χ0n) is 12.6. The summed E-state index contributed by atoms with van der Waals surface area (Å²) < 4.78 is 5.12. The summed E-state index contributed by atoms with van der Waals surface area (Å²) in [5.41, 5.74) is 2.34. The fourth-order valence-electron chi connectivity index (χ4n) is 2.11. The second kappa shape index (κ2) is 7.38. The van der Waals surface area contributed by atoms with Crippen LogP contribution in [0.2, 0.25) is 0 Å². The summed E-state index contributed by atoms with van der Waals surface area (Å²) in [5.74, 6) is 0.674. The molecule has 0 saturated heterocycles. The number of rotatable bonds is 6. The van der Waals surface area contributed by atoms with Crippen LogP contribution in [0.5, 0.6) is 11.5 Å². The highest BCUT2D eigenvalue weighted by molar-refractivity contribution is 7.98. The SMILES string of the molecule is COc1cc(CNC(C)c2ccc(SC)cc2)ccc1O. The van der Waals surface area contributed by atoms with Crippen molar-refractivity contribution in [3.05, 3.63) is 53.6 Å². The summed E-state index contributed by atoms with van der Waals surface area (Å²) in [4.78, 5) is 1.27. The number of hydrogen-bond donors (Lipinski definition) is 2. The highest BCUT2D eigenvalue weighted by atomic mass is 32.2. The van der Waals surface area contributed by atoms with Crippen molar-refractivity contribution in [3.8, 4) is 11.5 Å². The quantitative estimate of drug-likeness (QED) is 0.792. The molecule has 3 nitrogen and oxygen atoms in total. The summed E-state index contributed by atoms with van der Waals surface area (Å²) in [5, 5.41) is 13.1. The molecule has 2 aromatic carbocycles. The molecule has 0 heterocycles. The maximum absolute atomic E-state index is 9.59. The Labute approximate surface area is 130 Å². The van der Waals surface area contributed by atoms with E-state index in [2.05, 4.69) is 42.8 Å². The number of hydrogen-bond acceptors (Lipinski definition) is 4. The van der Waals surface area contributed by atoms with E-state index in [-0.39, 0.29) is 11.8 Å². The maximum atomic E-state index is 9.59. The Kier molecular flexibility index (Phi) is 5.53. The van der Waals surface area contributed by atoms with E-state index in [1.54, 1.807) is 24.9 Å². The van der Waals surface area contributed by atoms with E-state index in [1.807, 2.05) is 12.1 Å². The van der Waals surface area contributed by atoms with Crippen LogP contribution in [0.25, 0.3) is 0 Å². The summed E-state index contributed by atoms with van der Waals surface area (Å²) >= 11 is 1.75. The van der Waals surface area contributed by atoms with Crippen LogP contribution in [0.4, 0.5) is 0 Å². The number of phenols is 1. The second-order valence-corrected chi connectivity index (χ2v) is 5.76. The average molecular weight is 303 g/mol. The molecule has 2 aromatic rings. The Bertz CT molecular complexity index is 584. The molecule has 2 N–H and O–H groups in total. The topological polar surface area (TPSA) is 41.5 Å². The van der Waals surface area contributed by atoms with Gasteiger partial charge < -0.3 is 15.2 Å². The van der Waals surface area contributed by atoms with Gasteiger partial charge in [-0.05, 0) is 48.6 Å². The van der Waals surface area contributed by atoms with Gasteiger partial charge in [0, 0.05) is 17.5 Å². The van der Waals surface area contributed by atoms with Crippen LogP contribution in [0.1, 0.15) is 24.1 Å². The summed E-state index contributed by atoms with van der Waals surface area (Å²) in [6, 6.07) is 14.3. The molecule has 0 aliphatic carbocycles. The third kappa shape index (κ3) is 4.16. The number of benzene rings is 2. The minimum atomic E-state index is 0.168. The van der Waals surface area contributed by atoms with E-state index in [9.17, 15) is 5.11 Å². The molecule has 0 aromatic heterocycles. The lowest BCUT2D eigenvalue weighted by atomic mass is 10.1. The van der Waals surface area contributed by atoms with Gasteiger partial charge in [0.2, 0.25) is 0 Å². The van der Waals surface area contributed by atoms with Crippen molar-refractivity contribution in [2.75, 3.05) is 13.4 Å². The van der Waals surface area contributed by atoms with Crippen LogP contribution in [-0.2, 0) is 6.54 Å². The number of methoxy groups -OCH3 is 1. The standard InChI is InChI=1S/C17H21NO2S/c1-12(14-5-7-15(21-3)8-6-14)18-11-13-4-9-16(19)17(10-13)20-2/h4-10,12,18-19H,11H2,1-3H3. The van der Waals surface area contributed by atoms with Gasteiger partial charge in [-0.15, -0.1) is 11.8 Å². The van der Waals surface area contributed by atoms with Crippen molar-refractivity contribution < 1.29 is 9.84 Å². The van der Waals surface area contributed by atoms with E-state index in [0.29, 0.717) is 5.75 Å². The fraction of sp³-hybridized carbons (Fsp3) is 0.294. The van der Waals surface area contributed by atoms with Gasteiger partial charge in [0.15, 0.2) is 11.5 Å². The van der Waals surface area contributed by atoms with Crippen molar-refractivity contribution in [3.63, 3.8) is 0 Å². The van der Waals surface area contributed by atoms with Crippen molar-refractivity contribution in [2.45, 2.75) is 24.4 Å². The molecule has 1 atom stereocenters. The van der Waals surface area contributed by atoms with E-state index in [4.69, 9.17) is 4.74 Å². The van der Waals surface area contributed by atoms with Gasteiger partial charge >= 0.3 is 0 Å². The number of thioether (sulfide) groups is 1. The smallest absolute Gasteiger partial charge is 0.160 e. The molecule has 21 heavy (non-hydrogen) atoms. The Morgan fingerprint density at radius 3 is 2.52 bits per heavy atom. The first-order valence-corrected chi connectivity index (χ1v) is 8.09. The van der Waals surface area contributed by atoms with Crippen LogP contribution in [0, 0.1) is 0 Å². The zero-order chi connectivity index (χ0) is 15.2. The van der Waals surface area contributed by atoms with Crippen molar-refractivity contribution in [2.24, 2.45) is 0 Å². The molecule has 1 unspecified atom stereocenters. The Morgan fingerprint density at radius 1 is 1.19 bits per heavy atom. The minimum absolute atomic E-state index is 0.168. The molecule has 0 fully saturated rings. The molecule has 0 bridgehead atoms. The predicted octanol–water partition coefficient (Wildman–Crippen LogP) is 3.97. The second-order valence-electron chi connectivity index (χ2n) is 4.88. The van der Waals surface area contributed by atoms with Crippen LogP contribution in [0.3, 0.4) is 0 Å². The molecule has 0 saturated carbocycles. The van der Waals surface area contributed by atoms with Crippen LogP contribution < -0.4 is 10.1 Å². The average Bonchev–Trinajstić information content (AvgIpc) is 2.53. The zero-order valence-corrected chi connectivity index (χ0v) is 13.4. The third-order valence-corrected chi connectivity index (χ3v) is 4.22. The lowest BCUT2D eigenvalue weighted by molar-refractivity contribution is 0.372. The van der Waals surface area contributed by atoms with Gasteiger partial charge in [0.05, 0.1) is 7.11 Å². The van der Waals surface area contributed by atoms with Gasteiger partial charge in [-0.25, -0.2) is 0 Å². The van der Waals surface area contributed by atoms with Gasteiger partial charge in [-0.1, -0.05) is 18.2 Å². The Morgan fingerprint density at radius 2 is 1.90 bits per heavy atom. The van der Waals surface area contributed by atoms with E-state index in [0.717, 1.165) is 12.1 Å². The number of phenolic OH excluding ortho intramolecular Hbond substituents is 1. The molecule has 0 spiro atoms. The van der Waals surface area contributed by atoms with Crippen molar-refractivity contribution >= 4 is 11.8 Å². The maximum Gasteiger partial charge on any atom is 0.160 e. The summed E-state index contributed by atoms with van der Waals surface area (Å²) in [6.07, 6.45) is 2.08. The Balaban J connectivity index is 1.98. The van der Waals surface area contributed by atoms with Crippen LogP contribution in [-0.4, -0.2) is 18.5 Å². The van der Waals surface area contributed by atoms with Gasteiger partial charge in [-0.3, -0.25) is 0 Å². The van der Waals surface area contributed by atoms with Crippen molar-refractivity contribution in [1.82, 2.24) is 5.32 Å². The minimum Gasteiger partial charge on any atom is -0.504 e. The summed E-state index contributed by atoms with van der Waals surface area (Å²) in [7, 11) is 1.56. The van der Waals surface area contributed by atoms with Crippen LogP contribution in [0.15, 0.2) is 47.4 Å². The molecule has 0 radical (unpaired) electrons. The van der Waals surface area contributed by atoms with Gasteiger partial charge in [0.25, 0.3) is 0 Å². The first-order chi connectivity index (χ1) is 10.1. The molecule has 0 aliphatic heterocycles. The monoisotopic (exact) mass is 303 g/mol. The number of ether oxygens (including phenoxy) is 1. The first-order valence-electron chi connectivity index (χ1n) is 6.87. The third-order valence-electron chi connectivity index (χ3n) is 3.47. The number of nitrogens with one attached hydrogen (secondary N) is 1. The first kappa shape index (κ1) is 15.7. The molecule has 0 aliphatic rings. The molecule has 112 valence electrons. The molecule has 0 amide bonds. The molecular formula is C17H21NO2S. The highest BCUT2D eigenvalue weighted by Gasteiger charge is 2.07. The Hall–Kier alpha value is -1.65. The number of aromatic hydroxyl groups is 1. The van der Waals surface area contributed by atoms with Crippen LogP contribution >= 0.6 is 11.8 Å². The van der Waals surface area contributed by atoms with E-state index in [1.165, 1.54) is 10.5 Å². The van der Waals surface area contributed by atoms with Gasteiger partial charge in [0.1, 0.15) is 0 Å². The molecule has 4 heteroatoms. The summed E-state index contributed by atoms with van der Waals surface area (Å²) in [6.45, 7) is 2.87. The lowest BCUT2D eigenvalue weighted by Crippen LogP contribution is -2.18.